The molecule has 182 valence electrons. The number of hydrogen-bond donors (Lipinski definition) is 0. The molecule has 2 aromatic heterocycles. The fourth-order valence-electron chi connectivity index (χ4n) is 3.81. The number of carbonyl (C=O) groups is 2. The molecule has 0 amide bonds. The van der Waals surface area contributed by atoms with E-state index in [9.17, 15) is 14.4 Å². The Kier molecular flexibility index (Phi) is 7.32. The number of nitrogens with zero attached hydrogens (tertiary/aromatic N) is 2. The molecule has 0 bridgehead atoms. The molecular weight excluding hydrogens is 488 g/mol. The predicted octanol–water partition coefficient (Wildman–Crippen LogP) is 3.18. The van der Waals surface area contributed by atoms with Crippen molar-refractivity contribution in [3.05, 3.63) is 77.1 Å². The lowest BCUT2D eigenvalue weighted by molar-refractivity contribution is -0.139. The highest BCUT2D eigenvalue weighted by molar-refractivity contribution is 7.11. The maximum Gasteiger partial charge on any atom is 0.338 e. The molecule has 4 rings (SSSR count). The molecule has 1 aliphatic heterocycles. The van der Waals surface area contributed by atoms with Crippen LogP contribution in [0.4, 0.5) is 0 Å². The van der Waals surface area contributed by atoms with Crippen LogP contribution in [0.2, 0.25) is 0 Å². The second-order valence-electron chi connectivity index (χ2n) is 7.55. The predicted molar refractivity (Wildman–Crippen MR) is 134 cm³/mol. The van der Waals surface area contributed by atoms with Crippen LogP contribution in [0.1, 0.15) is 44.2 Å². The number of benzene rings is 1. The third-order valence-electron chi connectivity index (χ3n) is 5.17. The Hall–Kier alpha value is -3.50. The highest BCUT2D eigenvalue weighted by Crippen LogP contribution is 2.36. The van der Waals surface area contributed by atoms with E-state index < -0.39 is 18.0 Å². The minimum Gasteiger partial charge on any atom is -0.490 e. The number of carbonyl (C=O) groups excluding carboxylic acids is 2. The molecule has 1 atom stereocenters. The van der Waals surface area contributed by atoms with Gasteiger partial charge in [0.1, 0.15) is 0 Å². The molecule has 0 spiro atoms. The highest BCUT2D eigenvalue weighted by Gasteiger charge is 2.34. The van der Waals surface area contributed by atoms with E-state index in [0.29, 0.717) is 33.0 Å². The van der Waals surface area contributed by atoms with Crippen molar-refractivity contribution in [2.24, 2.45) is 4.99 Å². The molecule has 0 radical (unpaired) electrons. The van der Waals surface area contributed by atoms with E-state index in [0.717, 1.165) is 4.88 Å². The van der Waals surface area contributed by atoms with E-state index in [2.05, 4.69) is 4.99 Å². The number of fused-ring (bicyclic) bond motifs is 1. The minimum atomic E-state index is -0.790. The largest absolute Gasteiger partial charge is 0.490 e. The number of thiazole rings is 1. The van der Waals surface area contributed by atoms with Crippen molar-refractivity contribution in [3.63, 3.8) is 0 Å². The highest BCUT2D eigenvalue weighted by atomic mass is 32.1. The molecular formula is C25H24N2O6S2. The first-order valence-corrected chi connectivity index (χ1v) is 12.7. The van der Waals surface area contributed by atoms with Gasteiger partial charge in [0.15, 0.2) is 16.3 Å². The van der Waals surface area contributed by atoms with Crippen molar-refractivity contribution in [2.45, 2.75) is 33.7 Å². The van der Waals surface area contributed by atoms with Crippen LogP contribution in [0.3, 0.4) is 0 Å². The van der Waals surface area contributed by atoms with E-state index in [-0.39, 0.29) is 23.5 Å². The Morgan fingerprint density at radius 3 is 2.63 bits per heavy atom. The van der Waals surface area contributed by atoms with Gasteiger partial charge in [0.2, 0.25) is 0 Å². The zero-order chi connectivity index (χ0) is 25.1. The van der Waals surface area contributed by atoms with Gasteiger partial charge in [-0.1, -0.05) is 23.5 Å². The Morgan fingerprint density at radius 1 is 1.17 bits per heavy atom. The fourth-order valence-corrected chi connectivity index (χ4v) is 5.58. The Labute approximate surface area is 209 Å². The van der Waals surface area contributed by atoms with Crippen molar-refractivity contribution in [1.29, 1.82) is 0 Å². The number of thiophene rings is 1. The number of esters is 2. The van der Waals surface area contributed by atoms with Gasteiger partial charge >= 0.3 is 11.9 Å². The molecule has 1 aromatic carbocycles. The molecule has 0 aliphatic carbocycles. The Morgan fingerprint density at radius 2 is 1.97 bits per heavy atom. The van der Waals surface area contributed by atoms with E-state index >= 15 is 0 Å². The van der Waals surface area contributed by atoms with Gasteiger partial charge in [0.25, 0.3) is 5.56 Å². The lowest BCUT2D eigenvalue weighted by atomic mass is 9.95. The summed E-state index contributed by atoms with van der Waals surface area (Å²) in [6.45, 7) is 7.08. The molecule has 3 heterocycles. The van der Waals surface area contributed by atoms with Crippen LogP contribution < -0.4 is 24.4 Å². The van der Waals surface area contributed by atoms with Crippen molar-refractivity contribution in [1.82, 2.24) is 4.57 Å². The average molecular weight is 513 g/mol. The monoisotopic (exact) mass is 512 g/mol. The first-order chi connectivity index (χ1) is 16.8. The number of allylic oxidation sites excluding steroid dienone is 1. The van der Waals surface area contributed by atoms with Gasteiger partial charge in [-0.2, -0.15) is 0 Å². The standard InChI is InChI=1S/C25H24N2O6S2/c1-5-31-19-12-16(9-10-18(19)33-15(4)28)22-21(24(30)32-6-2)14(3)26-25-27(22)23(29)20(35-25)13-17-8-7-11-34-17/h7-13,22H,5-6H2,1-4H3. The fraction of sp³-hybridized carbons (Fsp3) is 0.280. The summed E-state index contributed by atoms with van der Waals surface area (Å²) in [5.41, 5.74) is 1.08. The molecule has 8 nitrogen and oxygen atoms in total. The zero-order valence-corrected chi connectivity index (χ0v) is 21.3. The molecule has 0 saturated carbocycles. The maximum absolute atomic E-state index is 13.6. The van der Waals surface area contributed by atoms with Crippen LogP contribution in [-0.2, 0) is 14.3 Å². The lowest BCUT2D eigenvalue weighted by Crippen LogP contribution is -2.39. The van der Waals surface area contributed by atoms with Gasteiger partial charge in [-0.25, -0.2) is 9.79 Å². The maximum atomic E-state index is 13.6. The van der Waals surface area contributed by atoms with Crippen LogP contribution in [0.15, 0.2) is 56.8 Å². The summed E-state index contributed by atoms with van der Waals surface area (Å²) in [6, 6.07) is 8.04. The zero-order valence-electron chi connectivity index (χ0n) is 19.7. The third kappa shape index (κ3) is 4.98. The first kappa shape index (κ1) is 24.6. The first-order valence-electron chi connectivity index (χ1n) is 11.0. The van der Waals surface area contributed by atoms with Crippen LogP contribution in [0, 0.1) is 0 Å². The summed E-state index contributed by atoms with van der Waals surface area (Å²) in [7, 11) is 0. The van der Waals surface area contributed by atoms with Crippen molar-refractivity contribution < 1.29 is 23.8 Å². The second kappa shape index (κ2) is 10.4. The quantitative estimate of drug-likeness (QED) is 0.356. The van der Waals surface area contributed by atoms with Gasteiger partial charge in [-0.3, -0.25) is 14.2 Å². The number of aromatic nitrogens is 1. The SMILES string of the molecule is CCOC(=O)C1=C(C)N=c2sc(=Cc3cccs3)c(=O)n2C1c1ccc(OC(C)=O)c(OCC)c1. The van der Waals surface area contributed by atoms with E-state index in [1.54, 1.807) is 32.0 Å². The minimum absolute atomic E-state index is 0.181. The van der Waals surface area contributed by atoms with Gasteiger partial charge in [0, 0.05) is 11.8 Å². The van der Waals surface area contributed by atoms with Crippen molar-refractivity contribution in [2.75, 3.05) is 13.2 Å². The van der Waals surface area contributed by atoms with Crippen molar-refractivity contribution in [3.8, 4) is 11.5 Å². The normalized spacial score (nSPS) is 15.4. The van der Waals surface area contributed by atoms with E-state index in [4.69, 9.17) is 14.2 Å². The van der Waals surface area contributed by atoms with Crippen molar-refractivity contribution >= 4 is 40.7 Å². The molecule has 0 saturated heterocycles. The van der Waals surface area contributed by atoms with Gasteiger partial charge < -0.3 is 14.2 Å². The van der Waals surface area contributed by atoms with E-state index in [1.807, 2.05) is 30.5 Å². The number of hydrogen-bond acceptors (Lipinski definition) is 9. The smallest absolute Gasteiger partial charge is 0.338 e. The molecule has 35 heavy (non-hydrogen) atoms. The molecule has 1 unspecified atom stereocenters. The summed E-state index contributed by atoms with van der Waals surface area (Å²) in [4.78, 5) is 44.2. The Balaban J connectivity index is 1.95. The third-order valence-corrected chi connectivity index (χ3v) is 6.97. The molecule has 1 aliphatic rings. The van der Waals surface area contributed by atoms with Crippen LogP contribution in [0.25, 0.3) is 6.08 Å². The van der Waals surface area contributed by atoms with Crippen LogP contribution in [-0.4, -0.2) is 29.7 Å². The second-order valence-corrected chi connectivity index (χ2v) is 9.54. The summed E-state index contributed by atoms with van der Waals surface area (Å²) in [5, 5.41) is 1.94. The van der Waals surface area contributed by atoms with Crippen LogP contribution in [0.5, 0.6) is 11.5 Å². The lowest BCUT2D eigenvalue weighted by Gasteiger charge is -2.25. The van der Waals surface area contributed by atoms with Gasteiger partial charge in [0.05, 0.1) is 35.1 Å². The molecule has 0 fully saturated rings. The van der Waals surface area contributed by atoms with Gasteiger partial charge in [-0.05, 0) is 56.0 Å². The topological polar surface area (TPSA) is 96.2 Å². The van der Waals surface area contributed by atoms with Gasteiger partial charge in [-0.15, -0.1) is 11.3 Å². The number of ether oxygens (including phenoxy) is 3. The van der Waals surface area contributed by atoms with Crippen LogP contribution >= 0.6 is 22.7 Å². The average Bonchev–Trinajstić information content (AvgIpc) is 3.42. The molecule has 0 N–H and O–H groups in total. The summed E-state index contributed by atoms with van der Waals surface area (Å²) in [5.74, 6) is -0.443. The Bertz CT molecular complexity index is 1480. The summed E-state index contributed by atoms with van der Waals surface area (Å²) >= 11 is 2.79. The van der Waals surface area contributed by atoms with E-state index in [1.165, 1.54) is 34.2 Å². The summed E-state index contributed by atoms with van der Waals surface area (Å²) < 4.78 is 18.3. The summed E-state index contributed by atoms with van der Waals surface area (Å²) in [6.07, 6.45) is 1.82. The molecule has 3 aromatic rings. The number of rotatable bonds is 7. The molecule has 10 heteroatoms.